The van der Waals surface area contributed by atoms with Gasteiger partial charge in [-0.25, -0.2) is 4.39 Å². The Hall–Kier alpha value is -1.98. The smallest absolute Gasteiger partial charge is 0.439 e. The van der Waals surface area contributed by atoms with Gasteiger partial charge in [-0.05, 0) is 18.2 Å². The molecule has 2 nitrogen and oxygen atoms in total. The Kier molecular flexibility index (Phi) is 5.63. The van der Waals surface area contributed by atoms with Crippen LogP contribution in [0.1, 0.15) is 11.1 Å². The van der Waals surface area contributed by atoms with Gasteiger partial charge in [0.1, 0.15) is 5.76 Å². The van der Waals surface area contributed by atoms with Gasteiger partial charge >= 0.3 is 24.2 Å². The number of hydrogen-bond acceptors (Lipinski definition) is 2. The largest absolute Gasteiger partial charge is 0.507 e. The second kappa shape index (κ2) is 6.63. The summed E-state index contributed by atoms with van der Waals surface area (Å²) in [6.45, 7) is 0. The number of benzene rings is 1. The number of aliphatic hydroxyl groups is 1. The molecule has 1 aromatic carbocycles. The zero-order chi connectivity index (χ0) is 20.7. The highest BCUT2D eigenvalue weighted by Crippen LogP contribution is 2.47. The van der Waals surface area contributed by atoms with Gasteiger partial charge in [0.05, 0.1) is 10.6 Å². The van der Waals surface area contributed by atoms with Crippen molar-refractivity contribution in [3.05, 3.63) is 40.4 Å². The number of ketones is 1. The normalized spacial score (nSPS) is 14.5. The first kappa shape index (κ1) is 22.1. The maximum absolute atomic E-state index is 13.5. The van der Waals surface area contributed by atoms with Crippen molar-refractivity contribution < 1.29 is 53.8 Å². The maximum atomic E-state index is 13.5. The molecule has 1 N–H and O–H groups in total. The Bertz CT molecular complexity index is 716. The van der Waals surface area contributed by atoms with E-state index in [1.54, 1.807) is 0 Å². The zero-order valence-corrected chi connectivity index (χ0v) is 12.6. The second-order valence-corrected chi connectivity index (χ2v) is 5.15. The first-order valence-electron chi connectivity index (χ1n) is 6.07. The Morgan fingerprint density at radius 1 is 0.923 bits per heavy atom. The van der Waals surface area contributed by atoms with Gasteiger partial charge < -0.3 is 5.11 Å². The molecule has 0 spiro atoms. The van der Waals surface area contributed by atoms with E-state index in [1.807, 2.05) is 0 Å². The van der Waals surface area contributed by atoms with E-state index in [9.17, 15) is 53.8 Å². The molecule has 0 aliphatic heterocycles. The predicted molar refractivity (Wildman–Crippen MR) is 68.0 cm³/mol. The average Bonchev–Trinajstić information content (AvgIpc) is 2.42. The molecule has 0 unspecified atom stereocenters. The molecule has 0 amide bonds. The molecule has 26 heavy (non-hydrogen) atoms. The van der Waals surface area contributed by atoms with Crippen molar-refractivity contribution in [2.75, 3.05) is 0 Å². The monoisotopic (exact) mass is 418 g/mol. The van der Waals surface area contributed by atoms with Crippen molar-refractivity contribution in [2.45, 2.75) is 24.2 Å². The number of aliphatic hydroxyl groups excluding tert-OH is 1. The quantitative estimate of drug-likeness (QED) is 0.391. The highest BCUT2D eigenvalue weighted by atomic mass is 35.5. The fourth-order valence-electron chi connectivity index (χ4n) is 1.65. The van der Waals surface area contributed by atoms with Gasteiger partial charge in [-0.3, -0.25) is 4.79 Å². The molecular formula is C13H5ClF10O2. The van der Waals surface area contributed by atoms with Crippen molar-refractivity contribution in [1.82, 2.24) is 0 Å². The summed E-state index contributed by atoms with van der Waals surface area (Å²) in [5, 5.41) is 8.50. The van der Waals surface area contributed by atoms with Crippen LogP contribution >= 0.6 is 11.6 Å². The van der Waals surface area contributed by atoms with Gasteiger partial charge in [-0.15, -0.1) is 0 Å². The van der Waals surface area contributed by atoms with Crippen LogP contribution in [0.25, 0.3) is 5.76 Å². The molecule has 0 aliphatic rings. The minimum Gasteiger partial charge on any atom is -0.507 e. The number of carbonyl (C=O) groups excluding carboxylic acids is 1. The fraction of sp³-hybridized carbons (Fsp3) is 0.308. The third-order valence-corrected chi connectivity index (χ3v) is 3.29. The van der Waals surface area contributed by atoms with E-state index in [1.165, 1.54) is 0 Å². The van der Waals surface area contributed by atoms with Crippen molar-refractivity contribution in [1.29, 1.82) is 0 Å². The Balaban J connectivity index is 3.43. The Morgan fingerprint density at radius 3 is 1.77 bits per heavy atom. The molecular weight excluding hydrogens is 414 g/mol. The third-order valence-electron chi connectivity index (χ3n) is 2.96. The van der Waals surface area contributed by atoms with Crippen molar-refractivity contribution in [3.8, 4) is 0 Å². The summed E-state index contributed by atoms with van der Waals surface area (Å²) in [7, 11) is 0. The van der Waals surface area contributed by atoms with Crippen LogP contribution in [0.15, 0.2) is 24.3 Å². The summed E-state index contributed by atoms with van der Waals surface area (Å²) >= 11 is 5.24. The average molecular weight is 419 g/mol. The summed E-state index contributed by atoms with van der Waals surface area (Å²) in [6.07, 6.45) is -19.3. The highest BCUT2D eigenvalue weighted by Gasteiger charge is 2.76. The molecule has 0 atom stereocenters. The Morgan fingerprint density at radius 2 is 1.38 bits per heavy atom. The number of rotatable bonds is 3. The zero-order valence-electron chi connectivity index (χ0n) is 11.8. The molecule has 0 radical (unpaired) electrons. The number of alkyl halides is 10. The molecule has 0 fully saturated rings. The standard InChI is InChI=1S/C13H5ClF10O2/c14-7-2-1-5(3-6(7)11(16,17)18)8(25)4-9(26)10(15,12(19,20)21)13(22,23)24/h1-4,25H/b8-4-. The molecule has 1 rings (SSSR count). The minimum absolute atomic E-state index is 0.0581. The van der Waals surface area contributed by atoms with Crippen LogP contribution in [0, 0.1) is 0 Å². The lowest BCUT2D eigenvalue weighted by atomic mass is 9.97. The van der Waals surface area contributed by atoms with Crippen molar-refractivity contribution >= 4 is 23.1 Å². The summed E-state index contributed by atoms with van der Waals surface area (Å²) in [5.41, 5.74) is -8.96. The molecule has 146 valence electrons. The number of hydrogen-bond donors (Lipinski definition) is 1. The van der Waals surface area contributed by atoms with E-state index < -0.39 is 58.0 Å². The van der Waals surface area contributed by atoms with Crippen LogP contribution < -0.4 is 0 Å². The molecule has 0 aliphatic carbocycles. The van der Waals surface area contributed by atoms with Crippen LogP contribution in [0.4, 0.5) is 43.9 Å². The van der Waals surface area contributed by atoms with Gasteiger partial charge in [-0.2, -0.15) is 39.5 Å². The molecule has 13 heteroatoms. The van der Waals surface area contributed by atoms with Crippen LogP contribution in [-0.2, 0) is 11.0 Å². The van der Waals surface area contributed by atoms with E-state index >= 15 is 0 Å². The molecule has 0 heterocycles. The SMILES string of the molecule is O=C(/C=C(\O)c1ccc(Cl)c(C(F)(F)F)c1)C(F)(C(F)(F)F)C(F)(F)F. The van der Waals surface area contributed by atoms with Gasteiger partial charge in [-0.1, -0.05) is 11.6 Å². The van der Waals surface area contributed by atoms with Gasteiger partial charge in [0, 0.05) is 11.6 Å². The van der Waals surface area contributed by atoms with E-state index in [-0.39, 0.29) is 6.07 Å². The van der Waals surface area contributed by atoms with Crippen LogP contribution in [-0.4, -0.2) is 28.9 Å². The van der Waals surface area contributed by atoms with E-state index in [0.29, 0.717) is 12.1 Å². The topological polar surface area (TPSA) is 37.3 Å². The van der Waals surface area contributed by atoms with Crippen LogP contribution in [0.2, 0.25) is 5.02 Å². The second-order valence-electron chi connectivity index (χ2n) is 4.74. The number of halogens is 11. The highest BCUT2D eigenvalue weighted by molar-refractivity contribution is 6.31. The van der Waals surface area contributed by atoms with Crippen molar-refractivity contribution in [3.63, 3.8) is 0 Å². The summed E-state index contributed by atoms with van der Waals surface area (Å²) < 4.78 is 126. The van der Waals surface area contributed by atoms with E-state index in [4.69, 9.17) is 11.6 Å². The van der Waals surface area contributed by atoms with E-state index in [0.717, 1.165) is 0 Å². The lowest BCUT2D eigenvalue weighted by molar-refractivity contribution is -0.323. The van der Waals surface area contributed by atoms with Gasteiger partial charge in [0.15, 0.2) is 0 Å². The fourth-order valence-corrected chi connectivity index (χ4v) is 1.87. The molecule has 0 saturated carbocycles. The Labute approximate surface area is 142 Å². The summed E-state index contributed by atoms with van der Waals surface area (Å²) in [4.78, 5) is 11.2. The van der Waals surface area contributed by atoms with E-state index in [2.05, 4.69) is 0 Å². The lowest BCUT2D eigenvalue weighted by Gasteiger charge is -2.27. The maximum Gasteiger partial charge on any atom is 0.439 e. The summed E-state index contributed by atoms with van der Waals surface area (Å²) in [5.74, 6) is -5.02. The molecule has 0 bridgehead atoms. The molecule has 0 saturated heterocycles. The van der Waals surface area contributed by atoms with Gasteiger partial charge in [0.25, 0.3) is 0 Å². The number of carbonyl (C=O) groups is 1. The number of allylic oxidation sites excluding steroid dienone is 1. The molecule has 0 aromatic heterocycles. The third kappa shape index (κ3) is 4.05. The van der Waals surface area contributed by atoms with Gasteiger partial charge in [0.2, 0.25) is 5.78 Å². The minimum atomic E-state index is -6.73. The van der Waals surface area contributed by atoms with Crippen molar-refractivity contribution in [2.24, 2.45) is 0 Å². The molecule has 1 aromatic rings. The van der Waals surface area contributed by atoms with Crippen LogP contribution in [0.3, 0.4) is 0 Å². The summed E-state index contributed by atoms with van der Waals surface area (Å²) in [6, 6.07) is 1.14. The first-order chi connectivity index (χ1) is 11.4. The predicted octanol–water partition coefficient (Wildman–Crippen LogP) is 5.66. The first-order valence-corrected chi connectivity index (χ1v) is 6.45. The lowest BCUT2D eigenvalue weighted by Crippen LogP contribution is -2.58. The van der Waals surface area contributed by atoms with Crippen LogP contribution in [0.5, 0.6) is 0 Å².